The Morgan fingerprint density at radius 3 is 1.37 bits per heavy atom. The molecule has 0 N–H and O–H groups in total. The SMILES string of the molecule is C1=c2ccccc2=C(c2ccc(N(c3ccc(-c4ccc([Si](c5ccccc5)(c5ccccc5)c5ccccc5)cc4)cc3)c3ccc4c(c3)oc3cc(-c5ccccc5)ccc34)cc2)CC1. The van der Waals surface area contributed by atoms with Crippen molar-refractivity contribution in [1.29, 1.82) is 0 Å². The van der Waals surface area contributed by atoms with Crippen LogP contribution in [0.4, 0.5) is 17.1 Å². The first-order chi connectivity index (χ1) is 33.2. The van der Waals surface area contributed by atoms with Gasteiger partial charge in [0.25, 0.3) is 0 Å². The zero-order valence-electron chi connectivity index (χ0n) is 37.1. The maximum atomic E-state index is 6.67. The van der Waals surface area contributed by atoms with Gasteiger partial charge in [-0.15, -0.1) is 0 Å². The third-order valence-electron chi connectivity index (χ3n) is 13.7. The van der Waals surface area contributed by atoms with Crippen molar-refractivity contribution in [2.45, 2.75) is 12.8 Å². The zero-order chi connectivity index (χ0) is 44.6. The van der Waals surface area contributed by atoms with Gasteiger partial charge < -0.3 is 9.32 Å². The number of fused-ring (bicyclic) bond motifs is 4. The summed E-state index contributed by atoms with van der Waals surface area (Å²) in [6.45, 7) is 0. The number of rotatable bonds is 10. The van der Waals surface area contributed by atoms with Gasteiger partial charge in [-0.3, -0.25) is 0 Å². The van der Waals surface area contributed by atoms with Crippen molar-refractivity contribution in [2.75, 3.05) is 4.90 Å². The van der Waals surface area contributed by atoms with Gasteiger partial charge in [-0.1, -0.05) is 206 Å². The van der Waals surface area contributed by atoms with E-state index in [4.69, 9.17) is 4.42 Å². The quantitative estimate of drug-likeness (QED) is 0.101. The van der Waals surface area contributed by atoms with Crippen molar-refractivity contribution >= 4 is 79.5 Å². The van der Waals surface area contributed by atoms with Gasteiger partial charge in [0.05, 0.1) is 0 Å². The third-order valence-corrected chi connectivity index (χ3v) is 18.5. The summed E-state index contributed by atoms with van der Waals surface area (Å²) in [5.41, 5.74) is 12.3. The van der Waals surface area contributed by atoms with Crippen LogP contribution in [0.3, 0.4) is 0 Å². The molecule has 12 rings (SSSR count). The van der Waals surface area contributed by atoms with Crippen LogP contribution in [-0.4, -0.2) is 8.07 Å². The van der Waals surface area contributed by atoms with E-state index in [0.29, 0.717) is 0 Å². The van der Waals surface area contributed by atoms with Crippen molar-refractivity contribution in [3.05, 3.63) is 271 Å². The molecular formula is C64H47NOSi. The summed E-state index contributed by atoms with van der Waals surface area (Å²) in [5.74, 6) is 0. The van der Waals surface area contributed by atoms with Gasteiger partial charge in [0, 0.05) is 33.9 Å². The number of hydrogen-bond donors (Lipinski definition) is 0. The molecule has 0 bridgehead atoms. The lowest BCUT2D eigenvalue weighted by atomic mass is 9.93. The Bertz CT molecular complexity index is 3540. The highest BCUT2D eigenvalue weighted by Gasteiger charge is 2.41. The van der Waals surface area contributed by atoms with E-state index in [1.807, 2.05) is 0 Å². The molecule has 0 spiro atoms. The molecule has 1 aromatic heterocycles. The average Bonchev–Trinajstić information content (AvgIpc) is 3.78. The Morgan fingerprint density at radius 2 is 0.776 bits per heavy atom. The lowest BCUT2D eigenvalue weighted by Gasteiger charge is -2.34. The molecule has 2 nitrogen and oxygen atoms in total. The summed E-state index contributed by atoms with van der Waals surface area (Å²) in [7, 11) is -2.62. The summed E-state index contributed by atoms with van der Waals surface area (Å²) >= 11 is 0. The predicted molar refractivity (Wildman–Crippen MR) is 285 cm³/mol. The molecule has 0 amide bonds. The van der Waals surface area contributed by atoms with E-state index in [1.165, 1.54) is 59.0 Å². The van der Waals surface area contributed by atoms with E-state index in [-0.39, 0.29) is 0 Å². The molecular weight excluding hydrogens is 827 g/mol. The van der Waals surface area contributed by atoms with Crippen LogP contribution >= 0.6 is 0 Å². The number of anilines is 3. The van der Waals surface area contributed by atoms with Crippen molar-refractivity contribution in [3.8, 4) is 22.3 Å². The van der Waals surface area contributed by atoms with E-state index in [1.54, 1.807) is 0 Å². The largest absolute Gasteiger partial charge is 0.456 e. The molecule has 0 aliphatic heterocycles. The molecule has 0 saturated carbocycles. The van der Waals surface area contributed by atoms with Crippen molar-refractivity contribution in [1.82, 2.24) is 0 Å². The van der Waals surface area contributed by atoms with Crippen LogP contribution in [0.2, 0.25) is 0 Å². The topological polar surface area (TPSA) is 16.4 Å². The molecule has 0 radical (unpaired) electrons. The molecule has 0 unspecified atom stereocenters. The zero-order valence-corrected chi connectivity index (χ0v) is 38.1. The summed E-state index contributed by atoms with van der Waals surface area (Å²) in [6, 6.07) is 93.4. The fourth-order valence-electron chi connectivity index (χ4n) is 10.5. The summed E-state index contributed by atoms with van der Waals surface area (Å²) in [4.78, 5) is 2.35. The molecule has 1 aliphatic carbocycles. The highest BCUT2D eigenvalue weighted by molar-refractivity contribution is 7.19. The van der Waals surface area contributed by atoms with Crippen LogP contribution in [0.1, 0.15) is 18.4 Å². The monoisotopic (exact) mass is 873 g/mol. The molecule has 3 heteroatoms. The third kappa shape index (κ3) is 7.31. The van der Waals surface area contributed by atoms with Gasteiger partial charge >= 0.3 is 0 Å². The van der Waals surface area contributed by atoms with Crippen LogP contribution < -0.4 is 36.1 Å². The smallest absolute Gasteiger partial charge is 0.179 e. The second kappa shape index (κ2) is 17.3. The predicted octanol–water partition coefficient (Wildman–Crippen LogP) is 12.5. The molecule has 1 heterocycles. The van der Waals surface area contributed by atoms with Crippen molar-refractivity contribution in [2.24, 2.45) is 0 Å². The van der Waals surface area contributed by atoms with Crippen LogP contribution in [-0.2, 0) is 0 Å². The van der Waals surface area contributed by atoms with Crippen molar-refractivity contribution < 1.29 is 4.42 Å². The van der Waals surface area contributed by atoms with E-state index in [0.717, 1.165) is 57.4 Å². The summed E-state index contributed by atoms with van der Waals surface area (Å²) in [6.07, 6.45) is 4.44. The molecule has 0 fully saturated rings. The Morgan fingerprint density at radius 1 is 0.343 bits per heavy atom. The van der Waals surface area contributed by atoms with E-state index >= 15 is 0 Å². The normalized spacial score (nSPS) is 12.4. The van der Waals surface area contributed by atoms with Gasteiger partial charge in [-0.25, -0.2) is 0 Å². The Kier molecular flexibility index (Phi) is 10.4. The average molecular weight is 874 g/mol. The minimum Gasteiger partial charge on any atom is -0.456 e. The van der Waals surface area contributed by atoms with Gasteiger partial charge in [0.1, 0.15) is 11.2 Å². The van der Waals surface area contributed by atoms with Gasteiger partial charge in [0.2, 0.25) is 0 Å². The summed E-state index contributed by atoms with van der Waals surface area (Å²) < 4.78 is 6.67. The first-order valence-electron chi connectivity index (χ1n) is 23.3. The first kappa shape index (κ1) is 40.3. The molecule has 67 heavy (non-hydrogen) atoms. The number of hydrogen-bond acceptors (Lipinski definition) is 2. The van der Waals surface area contributed by atoms with Gasteiger partial charge in [-0.05, 0) is 126 Å². The Hall–Kier alpha value is -8.24. The maximum absolute atomic E-state index is 6.67. The number of furan rings is 1. The molecule has 318 valence electrons. The lowest BCUT2D eigenvalue weighted by molar-refractivity contribution is 0.669. The molecule has 10 aromatic carbocycles. The van der Waals surface area contributed by atoms with Crippen LogP contribution in [0.15, 0.2) is 259 Å². The molecule has 0 atom stereocenters. The standard InChI is InChI=1S/C64H47NOSi/c1-5-16-46(17-6-1)51-34-42-61-62-43-39-54(45-64(62)66-63(61)44-51)65(53-37-30-50(31-38-53)60-27-15-19-49-18-13-14-26-59(49)60)52-35-28-47(29-36-52)48-32-40-58(41-33-48)67(55-20-7-2-8-21-55,56-22-9-3-10-23-56)57-24-11-4-12-25-57/h1-14,16-26,28-45H,15,27H2. The van der Waals surface area contributed by atoms with Crippen molar-refractivity contribution in [3.63, 3.8) is 0 Å². The number of nitrogens with zero attached hydrogens (tertiary/aromatic N) is 1. The first-order valence-corrected chi connectivity index (χ1v) is 25.3. The number of benzene rings is 10. The molecule has 0 saturated heterocycles. The van der Waals surface area contributed by atoms with Crippen LogP contribution in [0.5, 0.6) is 0 Å². The molecule has 11 aromatic rings. The minimum atomic E-state index is -2.62. The fraction of sp³-hybridized carbons (Fsp3) is 0.0312. The van der Waals surface area contributed by atoms with E-state index < -0.39 is 8.07 Å². The van der Waals surface area contributed by atoms with Crippen LogP contribution in [0, 0.1) is 0 Å². The fourth-order valence-corrected chi connectivity index (χ4v) is 15.3. The second-order valence-corrected chi connectivity index (χ2v) is 21.3. The molecule has 1 aliphatic rings. The van der Waals surface area contributed by atoms with Gasteiger partial charge in [0.15, 0.2) is 8.07 Å². The summed E-state index contributed by atoms with van der Waals surface area (Å²) in [5, 5.41) is 10.4. The van der Waals surface area contributed by atoms with Crippen LogP contribution in [0.25, 0.3) is 55.8 Å². The Labute approximate surface area is 392 Å². The highest BCUT2D eigenvalue weighted by Crippen LogP contribution is 2.40. The maximum Gasteiger partial charge on any atom is 0.179 e. The second-order valence-electron chi connectivity index (χ2n) is 17.5. The lowest BCUT2D eigenvalue weighted by Crippen LogP contribution is -2.74. The van der Waals surface area contributed by atoms with E-state index in [2.05, 4.69) is 266 Å². The van der Waals surface area contributed by atoms with E-state index in [9.17, 15) is 0 Å². The Balaban J connectivity index is 0.936. The van der Waals surface area contributed by atoms with Gasteiger partial charge in [-0.2, -0.15) is 0 Å². The highest BCUT2D eigenvalue weighted by atomic mass is 28.3. The minimum absolute atomic E-state index is 0.864.